The van der Waals surface area contributed by atoms with Crippen LogP contribution < -0.4 is 15.2 Å². The van der Waals surface area contributed by atoms with E-state index in [2.05, 4.69) is 16.5 Å². The lowest BCUT2D eigenvalue weighted by atomic mass is 9.78. The topological polar surface area (TPSA) is 112 Å². The van der Waals surface area contributed by atoms with Crippen LogP contribution in [0.2, 0.25) is 0 Å². The first kappa shape index (κ1) is 27.8. The van der Waals surface area contributed by atoms with Crippen LogP contribution in [0.1, 0.15) is 45.4 Å². The number of nitrogens with one attached hydrogen (secondary N) is 1. The van der Waals surface area contributed by atoms with Gasteiger partial charge in [-0.2, -0.15) is 9.46 Å². The summed E-state index contributed by atoms with van der Waals surface area (Å²) in [4.78, 5) is 13.8. The van der Waals surface area contributed by atoms with Crippen molar-refractivity contribution in [2.45, 2.75) is 55.2 Å². The minimum absolute atomic E-state index is 0.162. The molecule has 2 unspecified atom stereocenters. The normalized spacial score (nSPS) is 17.7. The summed E-state index contributed by atoms with van der Waals surface area (Å²) >= 11 is 0. The molecular weight excluding hydrogens is 582 g/mol. The summed E-state index contributed by atoms with van der Waals surface area (Å²) in [5, 5.41) is 14.4. The Balaban J connectivity index is 1.18. The van der Waals surface area contributed by atoms with Crippen LogP contribution in [-0.2, 0) is 52.5 Å². The molecule has 1 aromatic heterocycles. The molecule has 0 radical (unpaired) electrons. The zero-order valence-corrected chi connectivity index (χ0v) is 25.5. The van der Waals surface area contributed by atoms with Gasteiger partial charge in [0, 0.05) is 5.69 Å². The van der Waals surface area contributed by atoms with Gasteiger partial charge in [0.15, 0.2) is 6.10 Å². The van der Waals surface area contributed by atoms with Crippen molar-refractivity contribution in [3.05, 3.63) is 142 Å². The Labute approximate surface area is 262 Å². The molecule has 8 nitrogen and oxygen atoms in total. The fraction of sp³-hybridized carbons (Fsp3) is 0.222. The Morgan fingerprint density at radius 1 is 0.867 bits per heavy atom. The Hall–Kier alpha value is -4.73. The standard InChI is InChI=1S/C36H33N5O3S/c37-45(43,40-36(26-12-4-1-5-13-26,27-14-6-2-7-15-27)28-16-8-3-9-17-28)32-22-38-41-23-31(44-35(32)41)34(42)39-33-29-18-10-11-24(29)21-25-19-20-30(25)33/h1-9,12-17,21-22,31H,10-11,18-20,23H2,(H,39,42)(H2,37,40,43). The van der Waals surface area contributed by atoms with Crippen LogP contribution in [0.15, 0.2) is 113 Å². The van der Waals surface area contributed by atoms with Crippen LogP contribution in [0.4, 0.5) is 5.69 Å². The highest BCUT2D eigenvalue weighted by atomic mass is 32.2. The summed E-state index contributed by atoms with van der Waals surface area (Å²) in [7, 11) is -3.63. The van der Waals surface area contributed by atoms with Crippen LogP contribution in [0, 0.1) is 0 Å². The molecule has 0 fully saturated rings. The summed E-state index contributed by atoms with van der Waals surface area (Å²) in [5.74, 6) is -0.0331. The second-order valence-electron chi connectivity index (χ2n) is 11.9. The van der Waals surface area contributed by atoms with Crippen molar-refractivity contribution in [3.63, 3.8) is 0 Å². The van der Waals surface area contributed by atoms with Crippen LogP contribution in [0.3, 0.4) is 0 Å². The largest absolute Gasteiger partial charge is 0.461 e. The molecule has 0 bridgehead atoms. The van der Waals surface area contributed by atoms with Gasteiger partial charge in [-0.3, -0.25) is 4.79 Å². The van der Waals surface area contributed by atoms with Crippen molar-refractivity contribution in [1.82, 2.24) is 9.78 Å². The summed E-state index contributed by atoms with van der Waals surface area (Å²) < 4.78 is 27.5. The lowest BCUT2D eigenvalue weighted by molar-refractivity contribution is -0.122. The Kier molecular flexibility index (Phi) is 6.62. The minimum atomic E-state index is -3.63. The Morgan fingerprint density at radius 3 is 2.02 bits per heavy atom. The maximum absolute atomic E-state index is 14.7. The van der Waals surface area contributed by atoms with E-state index in [1.165, 1.54) is 28.5 Å². The number of nitrogens with zero attached hydrogens (tertiary/aromatic N) is 3. The fourth-order valence-electron chi connectivity index (χ4n) is 7.02. The smallest absolute Gasteiger partial charge is 0.267 e. The number of hydrogen-bond donors (Lipinski definition) is 2. The van der Waals surface area contributed by atoms with Gasteiger partial charge in [0.25, 0.3) is 5.91 Å². The third-order valence-corrected chi connectivity index (χ3v) is 10.8. The van der Waals surface area contributed by atoms with E-state index in [-0.39, 0.29) is 23.2 Å². The second kappa shape index (κ2) is 10.7. The van der Waals surface area contributed by atoms with Gasteiger partial charge in [-0.05, 0) is 71.0 Å². The van der Waals surface area contributed by atoms with Gasteiger partial charge in [0.2, 0.25) is 5.88 Å². The van der Waals surface area contributed by atoms with Gasteiger partial charge in [0.05, 0.1) is 12.7 Å². The van der Waals surface area contributed by atoms with E-state index in [1.54, 1.807) is 4.68 Å². The van der Waals surface area contributed by atoms with E-state index >= 15 is 0 Å². The van der Waals surface area contributed by atoms with Gasteiger partial charge in [-0.1, -0.05) is 97.1 Å². The summed E-state index contributed by atoms with van der Waals surface area (Å²) in [6.07, 6.45) is 5.76. The third kappa shape index (κ3) is 4.57. The molecule has 0 spiro atoms. The number of nitrogens with two attached hydrogens (primary N) is 1. The molecule has 45 heavy (non-hydrogen) atoms. The number of aromatic nitrogens is 2. The molecule has 2 heterocycles. The Bertz CT molecular complexity index is 1950. The van der Waals surface area contributed by atoms with E-state index < -0.39 is 21.6 Å². The number of fused-ring (bicyclic) bond motifs is 3. The first-order valence-corrected chi connectivity index (χ1v) is 16.9. The molecule has 8 rings (SSSR count). The van der Waals surface area contributed by atoms with Crippen LogP contribution in [-0.4, -0.2) is 26.0 Å². The SMILES string of the molecule is NS(=O)(=NC(c1ccccc1)(c1ccccc1)c1ccccc1)c1cnn2c1OC(C(=O)Nc1c3c(cc4c1CC4)CCC3)C2. The maximum Gasteiger partial charge on any atom is 0.267 e. The average Bonchev–Trinajstić information content (AvgIpc) is 3.79. The van der Waals surface area contributed by atoms with Gasteiger partial charge < -0.3 is 10.1 Å². The zero-order valence-electron chi connectivity index (χ0n) is 24.7. The molecule has 5 aromatic rings. The fourth-order valence-corrected chi connectivity index (χ4v) is 8.44. The quantitative estimate of drug-likeness (QED) is 0.234. The van der Waals surface area contributed by atoms with Crippen molar-refractivity contribution < 1.29 is 13.7 Å². The monoisotopic (exact) mass is 615 g/mol. The summed E-state index contributed by atoms with van der Waals surface area (Å²) in [6.45, 7) is 0.190. The lowest BCUT2D eigenvalue weighted by Gasteiger charge is -2.32. The van der Waals surface area contributed by atoms with Gasteiger partial charge in [-0.15, -0.1) is 0 Å². The predicted octanol–water partition coefficient (Wildman–Crippen LogP) is 5.56. The van der Waals surface area contributed by atoms with E-state index in [9.17, 15) is 9.00 Å². The highest BCUT2D eigenvalue weighted by Gasteiger charge is 2.41. The molecule has 4 aromatic carbocycles. The maximum atomic E-state index is 14.7. The number of amides is 1. The van der Waals surface area contributed by atoms with Crippen LogP contribution >= 0.6 is 0 Å². The Morgan fingerprint density at radius 2 is 1.44 bits per heavy atom. The lowest BCUT2D eigenvalue weighted by Crippen LogP contribution is -2.34. The zero-order chi connectivity index (χ0) is 30.6. The van der Waals surface area contributed by atoms with Crippen molar-refractivity contribution >= 4 is 21.5 Å². The first-order chi connectivity index (χ1) is 21.9. The molecule has 1 aliphatic heterocycles. The van der Waals surface area contributed by atoms with Gasteiger partial charge >= 0.3 is 0 Å². The predicted molar refractivity (Wildman–Crippen MR) is 173 cm³/mol. The molecule has 226 valence electrons. The van der Waals surface area contributed by atoms with Gasteiger partial charge in [0.1, 0.15) is 20.3 Å². The third-order valence-electron chi connectivity index (χ3n) is 9.30. The minimum Gasteiger partial charge on any atom is -0.461 e. The number of carbonyl (C=O) groups excluding carboxylic acids is 1. The highest BCUT2D eigenvalue weighted by molar-refractivity contribution is 7.91. The molecule has 9 heteroatoms. The second-order valence-corrected chi connectivity index (χ2v) is 13.7. The molecule has 1 amide bonds. The number of anilines is 1. The van der Waals surface area contributed by atoms with E-state index in [4.69, 9.17) is 14.2 Å². The number of aryl methyl sites for hydroxylation is 2. The van der Waals surface area contributed by atoms with E-state index in [0.717, 1.165) is 54.5 Å². The van der Waals surface area contributed by atoms with Crippen molar-refractivity contribution in [2.24, 2.45) is 9.50 Å². The molecular formula is C36H33N5O3S. The number of rotatable bonds is 7. The molecule has 3 aliphatic rings. The van der Waals surface area contributed by atoms with Crippen LogP contribution in [0.5, 0.6) is 5.88 Å². The average molecular weight is 616 g/mol. The number of hydrogen-bond acceptors (Lipinski definition) is 5. The van der Waals surface area contributed by atoms with E-state index in [1.807, 2.05) is 91.0 Å². The molecule has 2 atom stereocenters. The van der Waals surface area contributed by atoms with Crippen molar-refractivity contribution in [2.75, 3.05) is 5.32 Å². The van der Waals surface area contributed by atoms with Crippen molar-refractivity contribution in [1.29, 1.82) is 0 Å². The van der Waals surface area contributed by atoms with Crippen LogP contribution in [0.25, 0.3) is 0 Å². The number of carbonyl (C=O) groups is 1. The number of ether oxygens (including phenoxy) is 1. The van der Waals surface area contributed by atoms with Gasteiger partial charge in [-0.25, -0.2) is 14.0 Å². The van der Waals surface area contributed by atoms with E-state index in [0.29, 0.717) is 0 Å². The molecule has 0 saturated carbocycles. The first-order valence-electron chi connectivity index (χ1n) is 15.4. The summed E-state index contributed by atoms with van der Waals surface area (Å²) in [5.41, 5.74) is 7.37. The van der Waals surface area contributed by atoms with Crippen molar-refractivity contribution in [3.8, 4) is 5.88 Å². The summed E-state index contributed by atoms with van der Waals surface area (Å²) in [6, 6.07) is 31.5. The molecule has 2 aliphatic carbocycles. The molecule has 3 N–H and O–H groups in total. The molecule has 0 saturated heterocycles. The highest BCUT2D eigenvalue weighted by Crippen LogP contribution is 2.44. The number of benzene rings is 4.